The summed E-state index contributed by atoms with van der Waals surface area (Å²) in [7, 11) is -4.00. The summed E-state index contributed by atoms with van der Waals surface area (Å²) >= 11 is 0. The zero-order chi connectivity index (χ0) is 18.7. The molecule has 0 saturated carbocycles. The second-order valence-corrected chi connectivity index (χ2v) is 7.81. The van der Waals surface area contributed by atoms with Crippen molar-refractivity contribution in [2.75, 3.05) is 0 Å². The zero-order valence-corrected chi connectivity index (χ0v) is 15.0. The maximum absolute atomic E-state index is 12.9. The first-order chi connectivity index (χ1) is 12.4. The van der Waals surface area contributed by atoms with E-state index in [4.69, 9.17) is 0 Å². The molecule has 3 aromatic carbocycles. The van der Waals surface area contributed by atoms with Crippen molar-refractivity contribution in [2.45, 2.75) is 24.3 Å². The second-order valence-electron chi connectivity index (χ2n) is 6.13. The number of carboxylic acids is 1. The highest BCUT2D eigenvalue weighted by Gasteiger charge is 2.27. The number of hydrogen-bond acceptors (Lipinski definition) is 3. The highest BCUT2D eigenvalue weighted by atomic mass is 32.2. The van der Waals surface area contributed by atoms with Crippen molar-refractivity contribution in [3.63, 3.8) is 0 Å². The summed E-state index contributed by atoms with van der Waals surface area (Å²) in [6.45, 7) is 1.90. The molecule has 0 aliphatic carbocycles. The van der Waals surface area contributed by atoms with Crippen LogP contribution in [0.4, 0.5) is 0 Å². The molecular weight excluding hydrogens is 350 g/mol. The summed E-state index contributed by atoms with van der Waals surface area (Å²) in [5, 5.41) is 10.9. The SMILES string of the molecule is Cc1ccc(S(=O)(=O)NC(Cc2ccccc2)C(=O)O)c2ccccc12. The van der Waals surface area contributed by atoms with Gasteiger partial charge in [0, 0.05) is 5.39 Å². The Kier molecular flexibility index (Phi) is 5.06. The Morgan fingerprint density at radius 2 is 1.58 bits per heavy atom. The van der Waals surface area contributed by atoms with Crippen LogP contribution >= 0.6 is 0 Å². The number of fused-ring (bicyclic) bond motifs is 1. The highest BCUT2D eigenvalue weighted by molar-refractivity contribution is 7.89. The van der Waals surface area contributed by atoms with E-state index in [2.05, 4.69) is 4.72 Å². The van der Waals surface area contributed by atoms with Crippen molar-refractivity contribution in [2.24, 2.45) is 0 Å². The molecule has 0 fully saturated rings. The molecule has 0 heterocycles. The Morgan fingerprint density at radius 1 is 0.962 bits per heavy atom. The predicted molar refractivity (Wildman–Crippen MR) is 101 cm³/mol. The van der Waals surface area contributed by atoms with Crippen molar-refractivity contribution in [3.8, 4) is 0 Å². The van der Waals surface area contributed by atoms with Gasteiger partial charge in [-0.15, -0.1) is 0 Å². The van der Waals surface area contributed by atoms with Gasteiger partial charge >= 0.3 is 5.97 Å². The van der Waals surface area contributed by atoms with Crippen molar-refractivity contribution in [3.05, 3.63) is 77.9 Å². The number of hydrogen-bond donors (Lipinski definition) is 2. The standard InChI is InChI=1S/C20H19NO4S/c1-14-11-12-19(17-10-6-5-9-16(14)17)26(24,25)21-18(20(22)23)13-15-7-3-2-4-8-15/h2-12,18,21H,13H2,1H3,(H,22,23). The fourth-order valence-corrected chi connectivity index (χ4v) is 4.34. The summed E-state index contributed by atoms with van der Waals surface area (Å²) in [5.41, 5.74) is 1.70. The monoisotopic (exact) mass is 369 g/mol. The normalized spacial score (nSPS) is 12.8. The third kappa shape index (κ3) is 3.76. The maximum atomic E-state index is 12.9. The fourth-order valence-electron chi connectivity index (χ4n) is 2.94. The molecule has 0 aliphatic heterocycles. The number of aliphatic carboxylic acids is 1. The summed E-state index contributed by atoms with van der Waals surface area (Å²) < 4.78 is 28.1. The van der Waals surface area contributed by atoms with Crippen LogP contribution in [0.5, 0.6) is 0 Å². The third-order valence-corrected chi connectivity index (χ3v) is 5.80. The molecule has 6 heteroatoms. The quantitative estimate of drug-likeness (QED) is 0.699. The number of carboxylic acid groups (broad SMARTS) is 1. The first kappa shape index (κ1) is 18.1. The van der Waals surface area contributed by atoms with Crippen LogP contribution in [-0.2, 0) is 21.2 Å². The molecule has 0 radical (unpaired) electrons. The summed E-state index contributed by atoms with van der Waals surface area (Å²) in [6, 6.07) is 18.1. The zero-order valence-electron chi connectivity index (χ0n) is 14.2. The van der Waals surface area contributed by atoms with Crippen molar-refractivity contribution >= 4 is 26.8 Å². The largest absolute Gasteiger partial charge is 0.480 e. The average molecular weight is 369 g/mol. The molecule has 0 aliphatic rings. The number of aryl methyl sites for hydroxylation is 1. The topological polar surface area (TPSA) is 83.5 Å². The average Bonchev–Trinajstić information content (AvgIpc) is 2.62. The van der Waals surface area contributed by atoms with Gasteiger partial charge in [0.15, 0.2) is 0 Å². The number of carbonyl (C=O) groups is 1. The molecule has 0 saturated heterocycles. The molecular formula is C20H19NO4S. The van der Waals surface area contributed by atoms with Crippen molar-refractivity contribution in [1.82, 2.24) is 4.72 Å². The van der Waals surface area contributed by atoms with E-state index in [1.54, 1.807) is 42.5 Å². The van der Waals surface area contributed by atoms with Gasteiger partial charge in [-0.25, -0.2) is 8.42 Å². The number of sulfonamides is 1. The van der Waals surface area contributed by atoms with Crippen LogP contribution in [0.25, 0.3) is 10.8 Å². The molecule has 3 rings (SSSR count). The molecule has 1 unspecified atom stereocenters. The highest BCUT2D eigenvalue weighted by Crippen LogP contribution is 2.26. The van der Waals surface area contributed by atoms with Gasteiger partial charge < -0.3 is 5.11 Å². The van der Waals surface area contributed by atoms with E-state index in [1.165, 1.54) is 6.07 Å². The van der Waals surface area contributed by atoms with Gasteiger partial charge in [-0.3, -0.25) is 4.79 Å². The fraction of sp³-hybridized carbons (Fsp3) is 0.150. The van der Waals surface area contributed by atoms with Crippen LogP contribution in [0.15, 0.2) is 71.6 Å². The number of rotatable bonds is 6. The minimum atomic E-state index is -4.00. The molecule has 2 N–H and O–H groups in total. The van der Waals surface area contributed by atoms with E-state index < -0.39 is 22.0 Å². The Balaban J connectivity index is 1.97. The van der Waals surface area contributed by atoms with Gasteiger partial charge in [-0.1, -0.05) is 60.7 Å². The van der Waals surface area contributed by atoms with E-state index in [-0.39, 0.29) is 11.3 Å². The molecule has 0 aromatic heterocycles. The van der Waals surface area contributed by atoms with Crippen LogP contribution in [0.2, 0.25) is 0 Å². The second kappa shape index (κ2) is 7.27. The van der Waals surface area contributed by atoms with Crippen LogP contribution in [-0.4, -0.2) is 25.5 Å². The summed E-state index contributed by atoms with van der Waals surface area (Å²) in [6.07, 6.45) is 0.0686. The molecule has 134 valence electrons. The lowest BCUT2D eigenvalue weighted by atomic mass is 10.1. The molecule has 5 nitrogen and oxygen atoms in total. The molecule has 0 spiro atoms. The molecule has 26 heavy (non-hydrogen) atoms. The Hall–Kier alpha value is -2.70. The van der Waals surface area contributed by atoms with Crippen LogP contribution in [0.1, 0.15) is 11.1 Å². The summed E-state index contributed by atoms with van der Waals surface area (Å²) in [4.78, 5) is 11.7. The molecule has 0 bridgehead atoms. The van der Waals surface area contributed by atoms with Gasteiger partial charge in [0.1, 0.15) is 6.04 Å². The number of nitrogens with one attached hydrogen (secondary N) is 1. The van der Waals surface area contributed by atoms with Crippen molar-refractivity contribution < 1.29 is 18.3 Å². The maximum Gasteiger partial charge on any atom is 0.322 e. The molecule has 3 aromatic rings. The first-order valence-electron chi connectivity index (χ1n) is 8.16. The number of benzene rings is 3. The Morgan fingerprint density at radius 3 is 2.23 bits per heavy atom. The summed E-state index contributed by atoms with van der Waals surface area (Å²) in [5.74, 6) is -1.21. The first-order valence-corrected chi connectivity index (χ1v) is 9.64. The van der Waals surface area contributed by atoms with Gasteiger partial charge in [0.2, 0.25) is 10.0 Å². The molecule has 1 atom stereocenters. The van der Waals surface area contributed by atoms with E-state index >= 15 is 0 Å². The van der Waals surface area contributed by atoms with Gasteiger partial charge in [-0.2, -0.15) is 4.72 Å². The molecule has 0 amide bonds. The van der Waals surface area contributed by atoms with Gasteiger partial charge in [0.05, 0.1) is 4.90 Å². The Bertz CT molecular complexity index is 1050. The van der Waals surface area contributed by atoms with Gasteiger partial charge in [0.25, 0.3) is 0 Å². The van der Waals surface area contributed by atoms with E-state index in [0.29, 0.717) is 5.39 Å². The van der Waals surface area contributed by atoms with Crippen LogP contribution < -0.4 is 4.72 Å². The minimum Gasteiger partial charge on any atom is -0.480 e. The van der Waals surface area contributed by atoms with E-state index in [9.17, 15) is 18.3 Å². The lowest BCUT2D eigenvalue weighted by Gasteiger charge is -2.16. The Labute approximate surface area is 152 Å². The lowest BCUT2D eigenvalue weighted by molar-refractivity contribution is -0.138. The minimum absolute atomic E-state index is 0.0686. The van der Waals surface area contributed by atoms with Crippen molar-refractivity contribution in [1.29, 1.82) is 0 Å². The predicted octanol–water partition coefficient (Wildman–Crippen LogP) is 3.12. The lowest BCUT2D eigenvalue weighted by Crippen LogP contribution is -2.42. The van der Waals surface area contributed by atoms with E-state index in [0.717, 1.165) is 16.5 Å². The smallest absolute Gasteiger partial charge is 0.322 e. The van der Waals surface area contributed by atoms with Crippen LogP contribution in [0.3, 0.4) is 0 Å². The van der Waals surface area contributed by atoms with E-state index in [1.807, 2.05) is 25.1 Å². The third-order valence-electron chi connectivity index (χ3n) is 4.27. The van der Waals surface area contributed by atoms with Gasteiger partial charge in [-0.05, 0) is 35.9 Å². The van der Waals surface area contributed by atoms with Crippen LogP contribution in [0, 0.1) is 6.92 Å².